The highest BCUT2D eigenvalue weighted by atomic mass is 16.5. The molecule has 2 aromatic carbocycles. The zero-order valence-corrected chi connectivity index (χ0v) is 15.5. The van der Waals surface area contributed by atoms with Crippen LogP contribution in [0.1, 0.15) is 37.0 Å². The smallest absolute Gasteiger partial charge is 0.255 e. The van der Waals surface area contributed by atoms with E-state index in [9.17, 15) is 4.79 Å². The van der Waals surface area contributed by atoms with Gasteiger partial charge in [-0.3, -0.25) is 4.79 Å². The largest absolute Gasteiger partial charge is 0.490 e. The van der Waals surface area contributed by atoms with Crippen molar-refractivity contribution in [1.29, 1.82) is 0 Å². The van der Waals surface area contributed by atoms with Gasteiger partial charge >= 0.3 is 0 Å². The minimum absolute atomic E-state index is 0.164. The molecule has 0 radical (unpaired) electrons. The van der Waals surface area contributed by atoms with Crippen LogP contribution >= 0.6 is 0 Å². The summed E-state index contributed by atoms with van der Waals surface area (Å²) in [4.78, 5) is 14.9. The van der Waals surface area contributed by atoms with Crippen molar-refractivity contribution in [2.45, 2.75) is 26.7 Å². The molecule has 1 fully saturated rings. The van der Waals surface area contributed by atoms with Gasteiger partial charge in [0, 0.05) is 30.0 Å². The SMILES string of the molecule is CCOc1ccc(C(=O)Nc2ccc(N3CCCC3)cc2)cc1OCC. The summed E-state index contributed by atoms with van der Waals surface area (Å²) < 4.78 is 11.1. The van der Waals surface area contributed by atoms with Gasteiger partial charge in [0.1, 0.15) is 0 Å². The first-order chi connectivity index (χ1) is 12.7. The predicted octanol–water partition coefficient (Wildman–Crippen LogP) is 4.34. The Morgan fingerprint density at radius 2 is 1.62 bits per heavy atom. The summed E-state index contributed by atoms with van der Waals surface area (Å²) in [6, 6.07) is 13.3. The topological polar surface area (TPSA) is 50.8 Å². The van der Waals surface area contributed by atoms with Gasteiger partial charge in [0.15, 0.2) is 11.5 Å². The second kappa shape index (κ2) is 8.61. The molecule has 0 spiro atoms. The highest BCUT2D eigenvalue weighted by molar-refractivity contribution is 6.04. The Labute approximate surface area is 154 Å². The fourth-order valence-corrected chi connectivity index (χ4v) is 3.13. The fourth-order valence-electron chi connectivity index (χ4n) is 3.13. The minimum Gasteiger partial charge on any atom is -0.490 e. The average Bonchev–Trinajstić information content (AvgIpc) is 3.19. The maximum atomic E-state index is 12.6. The first kappa shape index (κ1) is 18.1. The number of anilines is 2. The number of hydrogen-bond acceptors (Lipinski definition) is 4. The number of hydrogen-bond donors (Lipinski definition) is 1. The normalized spacial score (nSPS) is 13.5. The lowest BCUT2D eigenvalue weighted by Gasteiger charge is -2.18. The Bertz CT molecular complexity index is 737. The number of carbonyl (C=O) groups is 1. The fraction of sp³-hybridized carbons (Fsp3) is 0.381. The molecule has 0 unspecified atom stereocenters. The number of nitrogens with one attached hydrogen (secondary N) is 1. The van der Waals surface area contributed by atoms with Crippen LogP contribution in [0.15, 0.2) is 42.5 Å². The van der Waals surface area contributed by atoms with Crippen molar-refractivity contribution >= 4 is 17.3 Å². The number of benzene rings is 2. The summed E-state index contributed by atoms with van der Waals surface area (Å²) in [7, 11) is 0. The second-order valence-electron chi connectivity index (χ2n) is 6.22. The van der Waals surface area contributed by atoms with Gasteiger partial charge < -0.3 is 19.7 Å². The van der Waals surface area contributed by atoms with Gasteiger partial charge in [0.2, 0.25) is 0 Å². The number of carbonyl (C=O) groups excluding carboxylic acids is 1. The van der Waals surface area contributed by atoms with Gasteiger partial charge in [-0.2, -0.15) is 0 Å². The zero-order valence-electron chi connectivity index (χ0n) is 15.5. The molecule has 0 aromatic heterocycles. The van der Waals surface area contributed by atoms with E-state index < -0.39 is 0 Å². The van der Waals surface area contributed by atoms with Crippen LogP contribution in [-0.4, -0.2) is 32.2 Å². The van der Waals surface area contributed by atoms with Crippen molar-refractivity contribution in [3.05, 3.63) is 48.0 Å². The van der Waals surface area contributed by atoms with Gasteiger partial charge in [-0.05, 0) is 69.2 Å². The molecule has 1 heterocycles. The molecule has 0 bridgehead atoms. The summed E-state index contributed by atoms with van der Waals surface area (Å²) in [5, 5.41) is 2.94. The van der Waals surface area contributed by atoms with Gasteiger partial charge in [0.25, 0.3) is 5.91 Å². The molecule has 0 atom stereocenters. The van der Waals surface area contributed by atoms with E-state index in [1.165, 1.54) is 18.5 Å². The van der Waals surface area contributed by atoms with E-state index in [0.717, 1.165) is 18.8 Å². The molecule has 138 valence electrons. The molecule has 2 aromatic rings. The third kappa shape index (κ3) is 4.28. The van der Waals surface area contributed by atoms with Crippen molar-refractivity contribution in [2.75, 3.05) is 36.5 Å². The molecule has 3 rings (SSSR count). The molecule has 1 aliphatic rings. The van der Waals surface area contributed by atoms with E-state index in [1.807, 2.05) is 26.0 Å². The zero-order chi connectivity index (χ0) is 18.4. The quantitative estimate of drug-likeness (QED) is 0.804. The van der Waals surface area contributed by atoms with Crippen molar-refractivity contribution < 1.29 is 14.3 Å². The average molecular weight is 354 g/mol. The Morgan fingerprint density at radius 3 is 2.27 bits per heavy atom. The summed E-state index contributed by atoms with van der Waals surface area (Å²) in [6.07, 6.45) is 2.50. The highest BCUT2D eigenvalue weighted by Gasteiger charge is 2.14. The lowest BCUT2D eigenvalue weighted by molar-refractivity contribution is 0.102. The van der Waals surface area contributed by atoms with Crippen LogP contribution in [0.4, 0.5) is 11.4 Å². The third-order valence-electron chi connectivity index (χ3n) is 4.40. The Morgan fingerprint density at radius 1 is 0.962 bits per heavy atom. The van der Waals surface area contributed by atoms with Gasteiger partial charge in [-0.1, -0.05) is 0 Å². The van der Waals surface area contributed by atoms with Crippen LogP contribution in [0.3, 0.4) is 0 Å². The maximum absolute atomic E-state index is 12.6. The van der Waals surface area contributed by atoms with E-state index >= 15 is 0 Å². The molecule has 5 nitrogen and oxygen atoms in total. The summed E-state index contributed by atoms with van der Waals surface area (Å²) in [5.74, 6) is 1.08. The van der Waals surface area contributed by atoms with Crippen molar-refractivity contribution in [3.63, 3.8) is 0 Å². The maximum Gasteiger partial charge on any atom is 0.255 e. The van der Waals surface area contributed by atoms with Crippen LogP contribution in [-0.2, 0) is 0 Å². The van der Waals surface area contributed by atoms with Crippen LogP contribution < -0.4 is 19.7 Å². The summed E-state index contributed by atoms with van der Waals surface area (Å²) in [6.45, 7) is 7.11. The number of nitrogens with zero attached hydrogens (tertiary/aromatic N) is 1. The molecular formula is C21H26N2O3. The van der Waals surface area contributed by atoms with Crippen LogP contribution in [0.25, 0.3) is 0 Å². The molecule has 0 saturated carbocycles. The number of rotatable bonds is 7. The minimum atomic E-state index is -0.164. The Balaban J connectivity index is 1.69. The van der Waals surface area contributed by atoms with E-state index in [1.54, 1.807) is 18.2 Å². The molecule has 1 saturated heterocycles. The number of ether oxygens (including phenoxy) is 2. The van der Waals surface area contributed by atoms with E-state index in [-0.39, 0.29) is 5.91 Å². The van der Waals surface area contributed by atoms with Crippen LogP contribution in [0.5, 0.6) is 11.5 Å². The first-order valence-electron chi connectivity index (χ1n) is 9.27. The van der Waals surface area contributed by atoms with E-state index in [4.69, 9.17) is 9.47 Å². The molecular weight excluding hydrogens is 328 g/mol. The number of amides is 1. The first-order valence-corrected chi connectivity index (χ1v) is 9.27. The predicted molar refractivity (Wildman–Crippen MR) is 105 cm³/mol. The molecule has 0 aliphatic carbocycles. The Kier molecular flexibility index (Phi) is 6.00. The van der Waals surface area contributed by atoms with E-state index in [0.29, 0.717) is 30.3 Å². The van der Waals surface area contributed by atoms with Gasteiger partial charge in [0.05, 0.1) is 13.2 Å². The Hall–Kier alpha value is -2.69. The van der Waals surface area contributed by atoms with Crippen LogP contribution in [0, 0.1) is 0 Å². The molecule has 5 heteroatoms. The third-order valence-corrected chi connectivity index (χ3v) is 4.40. The van der Waals surface area contributed by atoms with Crippen molar-refractivity contribution in [2.24, 2.45) is 0 Å². The highest BCUT2D eigenvalue weighted by Crippen LogP contribution is 2.29. The van der Waals surface area contributed by atoms with Crippen LogP contribution in [0.2, 0.25) is 0 Å². The lowest BCUT2D eigenvalue weighted by atomic mass is 10.1. The monoisotopic (exact) mass is 354 g/mol. The molecule has 1 N–H and O–H groups in total. The van der Waals surface area contributed by atoms with E-state index in [2.05, 4.69) is 22.3 Å². The van der Waals surface area contributed by atoms with Gasteiger partial charge in [-0.15, -0.1) is 0 Å². The van der Waals surface area contributed by atoms with Crippen molar-refractivity contribution in [3.8, 4) is 11.5 Å². The second-order valence-corrected chi connectivity index (χ2v) is 6.22. The summed E-state index contributed by atoms with van der Waals surface area (Å²) in [5.41, 5.74) is 2.53. The molecule has 26 heavy (non-hydrogen) atoms. The molecule has 1 aliphatic heterocycles. The summed E-state index contributed by atoms with van der Waals surface area (Å²) >= 11 is 0. The lowest BCUT2D eigenvalue weighted by Crippen LogP contribution is -2.17. The van der Waals surface area contributed by atoms with Gasteiger partial charge in [-0.25, -0.2) is 0 Å². The molecule has 1 amide bonds. The standard InChI is InChI=1S/C21H26N2O3/c1-3-25-19-12-7-16(15-20(19)26-4-2)21(24)22-17-8-10-18(11-9-17)23-13-5-6-14-23/h7-12,15H,3-6,13-14H2,1-2H3,(H,22,24). The van der Waals surface area contributed by atoms with Crippen molar-refractivity contribution in [1.82, 2.24) is 0 Å².